The second kappa shape index (κ2) is 5.85. The van der Waals surface area contributed by atoms with E-state index in [9.17, 15) is 0 Å². The maximum absolute atomic E-state index is 5.66. The molecule has 0 fully saturated rings. The summed E-state index contributed by atoms with van der Waals surface area (Å²) in [5, 5.41) is 1.15. The lowest BCUT2D eigenvalue weighted by Gasteiger charge is -2.09. The molecule has 102 valence electrons. The Labute approximate surface area is 119 Å². The van der Waals surface area contributed by atoms with E-state index in [0.29, 0.717) is 12.5 Å². The number of benzene rings is 1. The quantitative estimate of drug-likeness (QED) is 0.913. The number of nitrogens with zero attached hydrogens (tertiary/aromatic N) is 1. The molecule has 2 N–H and O–H groups in total. The summed E-state index contributed by atoms with van der Waals surface area (Å²) in [5.74, 6) is 0.499. The SMILES string of the molecule is Cc1ccc(C)c(-c2nc(CCN)sc2C(C)C)c1. The first-order valence-electron chi connectivity index (χ1n) is 6.80. The molecule has 0 atom stereocenters. The number of nitrogens with two attached hydrogens (primary N) is 1. The van der Waals surface area contributed by atoms with Crippen molar-refractivity contribution in [2.45, 2.75) is 40.0 Å². The predicted octanol–water partition coefficient (Wildman–Crippen LogP) is 4.05. The van der Waals surface area contributed by atoms with Crippen LogP contribution in [0.25, 0.3) is 11.3 Å². The third kappa shape index (κ3) is 3.04. The number of hydrogen-bond donors (Lipinski definition) is 1. The van der Waals surface area contributed by atoms with Gasteiger partial charge in [0.1, 0.15) is 0 Å². The summed E-state index contributed by atoms with van der Waals surface area (Å²) in [5.41, 5.74) is 10.6. The Bertz CT molecular complexity index is 570. The van der Waals surface area contributed by atoms with Crippen molar-refractivity contribution >= 4 is 11.3 Å². The highest BCUT2D eigenvalue weighted by atomic mass is 32.1. The average Bonchev–Trinajstić information content (AvgIpc) is 2.77. The van der Waals surface area contributed by atoms with Gasteiger partial charge in [-0.15, -0.1) is 11.3 Å². The molecule has 2 aromatic rings. The van der Waals surface area contributed by atoms with E-state index in [-0.39, 0.29) is 0 Å². The van der Waals surface area contributed by atoms with E-state index in [1.165, 1.54) is 21.6 Å². The van der Waals surface area contributed by atoms with Crippen LogP contribution >= 0.6 is 11.3 Å². The minimum atomic E-state index is 0.499. The molecule has 0 aliphatic heterocycles. The zero-order valence-electron chi connectivity index (χ0n) is 12.2. The number of hydrogen-bond acceptors (Lipinski definition) is 3. The molecule has 0 spiro atoms. The van der Waals surface area contributed by atoms with Gasteiger partial charge in [-0.1, -0.05) is 31.5 Å². The minimum absolute atomic E-state index is 0.499. The lowest BCUT2D eigenvalue weighted by Crippen LogP contribution is -2.02. The molecule has 3 heteroatoms. The smallest absolute Gasteiger partial charge is 0.0948 e. The molecule has 1 aromatic heterocycles. The van der Waals surface area contributed by atoms with Gasteiger partial charge in [-0.2, -0.15) is 0 Å². The molecule has 0 bridgehead atoms. The summed E-state index contributed by atoms with van der Waals surface area (Å²) < 4.78 is 0. The van der Waals surface area contributed by atoms with Gasteiger partial charge in [0.15, 0.2) is 0 Å². The second-order valence-electron chi connectivity index (χ2n) is 5.33. The van der Waals surface area contributed by atoms with Gasteiger partial charge in [-0.25, -0.2) is 4.98 Å². The molecule has 0 unspecified atom stereocenters. The molecule has 2 rings (SSSR count). The Morgan fingerprint density at radius 2 is 2.00 bits per heavy atom. The van der Waals surface area contributed by atoms with Crippen molar-refractivity contribution in [3.63, 3.8) is 0 Å². The summed E-state index contributed by atoms with van der Waals surface area (Å²) in [6.07, 6.45) is 0.870. The third-order valence-corrected chi connectivity index (χ3v) is 4.64. The molecule has 0 aliphatic rings. The fourth-order valence-electron chi connectivity index (χ4n) is 2.18. The maximum atomic E-state index is 5.66. The molecule has 0 saturated heterocycles. The lowest BCUT2D eigenvalue weighted by molar-refractivity contribution is 0.886. The average molecular weight is 274 g/mol. The van der Waals surface area contributed by atoms with Crippen molar-refractivity contribution in [2.75, 3.05) is 6.54 Å². The highest BCUT2D eigenvalue weighted by Gasteiger charge is 2.17. The van der Waals surface area contributed by atoms with Crippen molar-refractivity contribution in [1.29, 1.82) is 0 Å². The van der Waals surface area contributed by atoms with Gasteiger partial charge in [0.25, 0.3) is 0 Å². The van der Waals surface area contributed by atoms with Crippen LogP contribution in [0.15, 0.2) is 18.2 Å². The van der Waals surface area contributed by atoms with E-state index in [1.54, 1.807) is 0 Å². The summed E-state index contributed by atoms with van der Waals surface area (Å²) >= 11 is 1.81. The maximum Gasteiger partial charge on any atom is 0.0948 e. The first-order chi connectivity index (χ1) is 9.02. The van der Waals surface area contributed by atoms with Crippen LogP contribution in [0, 0.1) is 13.8 Å². The Morgan fingerprint density at radius 1 is 1.26 bits per heavy atom. The van der Waals surface area contributed by atoms with Crippen LogP contribution in [-0.4, -0.2) is 11.5 Å². The molecule has 19 heavy (non-hydrogen) atoms. The predicted molar refractivity (Wildman–Crippen MR) is 83.9 cm³/mol. The zero-order chi connectivity index (χ0) is 14.0. The van der Waals surface area contributed by atoms with Crippen LogP contribution in [0.3, 0.4) is 0 Å². The lowest BCUT2D eigenvalue weighted by atomic mass is 9.99. The van der Waals surface area contributed by atoms with Gasteiger partial charge >= 0.3 is 0 Å². The zero-order valence-corrected chi connectivity index (χ0v) is 13.0. The fraction of sp³-hybridized carbons (Fsp3) is 0.438. The summed E-state index contributed by atoms with van der Waals surface area (Å²) in [6.45, 7) is 9.41. The van der Waals surface area contributed by atoms with Crippen LogP contribution in [-0.2, 0) is 6.42 Å². The van der Waals surface area contributed by atoms with Gasteiger partial charge in [0.2, 0.25) is 0 Å². The van der Waals surface area contributed by atoms with Gasteiger partial charge < -0.3 is 5.73 Å². The third-order valence-electron chi connectivity index (χ3n) is 3.23. The molecule has 0 radical (unpaired) electrons. The van der Waals surface area contributed by atoms with Crippen LogP contribution in [0.4, 0.5) is 0 Å². The van der Waals surface area contributed by atoms with E-state index in [1.807, 2.05) is 11.3 Å². The van der Waals surface area contributed by atoms with Crippen LogP contribution in [0.1, 0.15) is 40.8 Å². The molecular weight excluding hydrogens is 252 g/mol. The fourth-order valence-corrected chi connectivity index (χ4v) is 3.28. The minimum Gasteiger partial charge on any atom is -0.330 e. The molecule has 0 aliphatic carbocycles. The number of thiazole rings is 1. The summed E-state index contributed by atoms with van der Waals surface area (Å²) in [4.78, 5) is 6.20. The van der Waals surface area contributed by atoms with Crippen molar-refractivity contribution in [2.24, 2.45) is 5.73 Å². The summed E-state index contributed by atoms with van der Waals surface area (Å²) in [7, 11) is 0. The van der Waals surface area contributed by atoms with Gasteiger partial charge in [-0.3, -0.25) is 0 Å². The molecule has 0 amide bonds. The molecular formula is C16H22N2S. The monoisotopic (exact) mass is 274 g/mol. The molecule has 2 nitrogen and oxygen atoms in total. The topological polar surface area (TPSA) is 38.9 Å². The van der Waals surface area contributed by atoms with E-state index in [2.05, 4.69) is 45.9 Å². The second-order valence-corrected chi connectivity index (χ2v) is 6.45. The van der Waals surface area contributed by atoms with Crippen molar-refractivity contribution < 1.29 is 0 Å². The largest absolute Gasteiger partial charge is 0.330 e. The first kappa shape index (κ1) is 14.2. The number of aryl methyl sites for hydroxylation is 2. The number of aromatic nitrogens is 1. The Hall–Kier alpha value is -1.19. The summed E-state index contributed by atoms with van der Waals surface area (Å²) in [6, 6.07) is 6.57. The molecule has 1 aromatic carbocycles. The van der Waals surface area contributed by atoms with Crippen LogP contribution < -0.4 is 5.73 Å². The van der Waals surface area contributed by atoms with Gasteiger partial charge in [-0.05, 0) is 37.9 Å². The Morgan fingerprint density at radius 3 is 2.63 bits per heavy atom. The van der Waals surface area contributed by atoms with E-state index in [0.717, 1.165) is 17.1 Å². The highest BCUT2D eigenvalue weighted by molar-refractivity contribution is 7.12. The molecule has 1 heterocycles. The van der Waals surface area contributed by atoms with Crippen molar-refractivity contribution in [1.82, 2.24) is 4.98 Å². The Balaban J connectivity index is 2.56. The Kier molecular flexibility index (Phi) is 4.38. The van der Waals surface area contributed by atoms with Gasteiger partial charge in [0.05, 0.1) is 10.7 Å². The van der Waals surface area contributed by atoms with E-state index in [4.69, 9.17) is 10.7 Å². The molecule has 0 saturated carbocycles. The first-order valence-corrected chi connectivity index (χ1v) is 7.62. The van der Waals surface area contributed by atoms with E-state index >= 15 is 0 Å². The van der Waals surface area contributed by atoms with Gasteiger partial charge in [0, 0.05) is 16.9 Å². The van der Waals surface area contributed by atoms with E-state index < -0.39 is 0 Å². The number of rotatable bonds is 4. The van der Waals surface area contributed by atoms with Crippen molar-refractivity contribution in [3.05, 3.63) is 39.2 Å². The van der Waals surface area contributed by atoms with Crippen LogP contribution in [0.2, 0.25) is 0 Å². The normalized spacial score (nSPS) is 11.3. The van der Waals surface area contributed by atoms with Crippen LogP contribution in [0.5, 0.6) is 0 Å². The van der Waals surface area contributed by atoms with Crippen molar-refractivity contribution in [3.8, 4) is 11.3 Å². The highest BCUT2D eigenvalue weighted by Crippen LogP contribution is 2.35. The standard InChI is InChI=1S/C16H22N2S/c1-10(2)16-15(18-14(19-16)7-8-17)13-9-11(3)5-6-12(13)4/h5-6,9-10H,7-8,17H2,1-4H3.